The number of rotatable bonds is 7. The highest BCUT2D eigenvalue weighted by Crippen LogP contribution is 2.11. The zero-order valence-corrected chi connectivity index (χ0v) is 11.4. The molecule has 0 spiro atoms. The summed E-state index contributed by atoms with van der Waals surface area (Å²) >= 11 is 1.75. The van der Waals surface area contributed by atoms with Crippen LogP contribution in [0.4, 0.5) is 0 Å². The van der Waals surface area contributed by atoms with Crippen LogP contribution in [-0.2, 0) is 22.0 Å². The van der Waals surface area contributed by atoms with Crippen molar-refractivity contribution in [1.29, 1.82) is 0 Å². The highest BCUT2D eigenvalue weighted by Gasteiger charge is 2.05. The summed E-state index contributed by atoms with van der Waals surface area (Å²) in [6.45, 7) is 0. The predicted molar refractivity (Wildman–Crippen MR) is 72.1 cm³/mol. The van der Waals surface area contributed by atoms with Gasteiger partial charge in [-0.2, -0.15) is 11.8 Å². The van der Waals surface area contributed by atoms with Crippen molar-refractivity contribution < 1.29 is 14.1 Å². The Morgan fingerprint density at radius 1 is 1.35 bits per heavy atom. The maximum absolute atomic E-state index is 11.8. The maximum Gasteiger partial charge on any atom is 0.307 e. The molecule has 0 amide bonds. The van der Waals surface area contributed by atoms with E-state index in [-0.39, 0.29) is 6.42 Å². The first-order valence-corrected chi connectivity index (χ1v) is 8.03. The molecule has 5 heteroatoms. The Bertz CT molecular complexity index is 387. The van der Waals surface area contributed by atoms with Crippen LogP contribution >= 0.6 is 11.8 Å². The highest BCUT2D eigenvalue weighted by molar-refractivity contribution is 7.98. The summed E-state index contributed by atoms with van der Waals surface area (Å²) < 4.78 is 11.8. The van der Waals surface area contributed by atoms with Crippen molar-refractivity contribution in [3.05, 3.63) is 29.8 Å². The van der Waals surface area contributed by atoms with Crippen molar-refractivity contribution in [2.45, 2.75) is 17.7 Å². The zero-order chi connectivity index (χ0) is 12.7. The monoisotopic (exact) mass is 272 g/mol. The summed E-state index contributed by atoms with van der Waals surface area (Å²) in [6.07, 6.45) is 2.98. The van der Waals surface area contributed by atoms with Gasteiger partial charge in [0.1, 0.15) is 0 Å². The number of carboxylic acid groups (broad SMARTS) is 1. The molecule has 0 aliphatic rings. The molecule has 1 N–H and O–H groups in total. The number of hydrogen-bond donors (Lipinski definition) is 1. The fourth-order valence-corrected chi connectivity index (χ4v) is 3.08. The van der Waals surface area contributed by atoms with Crippen LogP contribution < -0.4 is 0 Å². The van der Waals surface area contributed by atoms with Crippen LogP contribution in [0.3, 0.4) is 0 Å². The second kappa shape index (κ2) is 7.50. The van der Waals surface area contributed by atoms with Gasteiger partial charge >= 0.3 is 5.97 Å². The molecule has 0 fully saturated rings. The Balaban J connectivity index is 2.54. The molecule has 0 saturated carbocycles. The molecule has 0 saturated heterocycles. The van der Waals surface area contributed by atoms with Crippen molar-refractivity contribution in [3.8, 4) is 0 Å². The van der Waals surface area contributed by atoms with Crippen LogP contribution in [0, 0.1) is 0 Å². The molecule has 3 nitrogen and oxygen atoms in total. The Morgan fingerprint density at radius 2 is 2.00 bits per heavy atom. The van der Waals surface area contributed by atoms with Crippen LogP contribution in [0.25, 0.3) is 0 Å². The minimum absolute atomic E-state index is 0.0133. The van der Waals surface area contributed by atoms with E-state index < -0.39 is 16.8 Å². The normalized spacial score (nSPS) is 12.3. The SMILES string of the molecule is CSCCCS(=O)c1ccc(CC(=O)O)cc1. The topological polar surface area (TPSA) is 54.4 Å². The third-order valence-electron chi connectivity index (χ3n) is 2.22. The van der Waals surface area contributed by atoms with Crippen LogP contribution in [0.5, 0.6) is 0 Å². The summed E-state index contributed by atoms with van der Waals surface area (Å²) in [5.74, 6) is 0.834. The molecule has 1 aromatic rings. The van der Waals surface area contributed by atoms with Gasteiger partial charge in [-0.05, 0) is 36.1 Å². The minimum atomic E-state index is -0.967. The summed E-state index contributed by atoms with van der Waals surface area (Å²) in [4.78, 5) is 11.3. The molecule has 0 radical (unpaired) electrons. The van der Waals surface area contributed by atoms with Crippen molar-refractivity contribution >= 4 is 28.5 Å². The van der Waals surface area contributed by atoms with Gasteiger partial charge < -0.3 is 5.11 Å². The summed E-state index contributed by atoms with van der Waals surface area (Å²) in [5.41, 5.74) is 0.738. The van der Waals surface area contributed by atoms with E-state index in [0.717, 1.165) is 22.6 Å². The quantitative estimate of drug-likeness (QED) is 0.773. The fourth-order valence-electron chi connectivity index (χ4n) is 1.39. The van der Waals surface area contributed by atoms with Gasteiger partial charge in [-0.15, -0.1) is 0 Å². The van der Waals surface area contributed by atoms with Crippen molar-refractivity contribution in [3.63, 3.8) is 0 Å². The molecule has 0 aliphatic heterocycles. The number of benzene rings is 1. The van der Waals surface area contributed by atoms with Gasteiger partial charge in [0.25, 0.3) is 0 Å². The number of carboxylic acids is 1. The lowest BCUT2D eigenvalue weighted by Crippen LogP contribution is -2.02. The largest absolute Gasteiger partial charge is 0.481 e. The molecule has 1 atom stereocenters. The van der Waals surface area contributed by atoms with Gasteiger partial charge in [0, 0.05) is 10.6 Å². The number of thioether (sulfide) groups is 1. The van der Waals surface area contributed by atoms with Gasteiger partial charge in [-0.25, -0.2) is 0 Å². The molecular formula is C12H16O3S2. The molecule has 0 aliphatic carbocycles. The molecule has 0 heterocycles. The minimum Gasteiger partial charge on any atom is -0.481 e. The van der Waals surface area contributed by atoms with E-state index in [4.69, 9.17) is 5.11 Å². The van der Waals surface area contributed by atoms with Crippen molar-refractivity contribution in [2.75, 3.05) is 17.8 Å². The van der Waals surface area contributed by atoms with Crippen molar-refractivity contribution in [2.24, 2.45) is 0 Å². The Kier molecular flexibility index (Phi) is 6.29. The van der Waals surface area contributed by atoms with Gasteiger partial charge in [-0.1, -0.05) is 12.1 Å². The number of hydrogen-bond acceptors (Lipinski definition) is 3. The molecule has 1 rings (SSSR count). The van der Waals surface area contributed by atoms with Gasteiger partial charge in [0.05, 0.1) is 17.2 Å². The molecule has 1 unspecified atom stereocenters. The van der Waals surface area contributed by atoms with E-state index in [1.54, 1.807) is 36.0 Å². The Hall–Kier alpha value is -0.810. The molecular weight excluding hydrogens is 256 g/mol. The number of carbonyl (C=O) groups is 1. The Morgan fingerprint density at radius 3 is 2.53 bits per heavy atom. The van der Waals surface area contributed by atoms with Crippen LogP contribution in [0.2, 0.25) is 0 Å². The molecule has 17 heavy (non-hydrogen) atoms. The van der Waals surface area contributed by atoms with E-state index >= 15 is 0 Å². The van der Waals surface area contributed by atoms with Gasteiger partial charge in [-0.3, -0.25) is 9.00 Å². The highest BCUT2D eigenvalue weighted by atomic mass is 32.2. The second-order valence-electron chi connectivity index (χ2n) is 3.61. The van der Waals surface area contributed by atoms with Crippen LogP contribution in [-0.4, -0.2) is 33.0 Å². The first kappa shape index (κ1) is 14.3. The lowest BCUT2D eigenvalue weighted by molar-refractivity contribution is -0.136. The average molecular weight is 272 g/mol. The standard InChI is InChI=1S/C12H16O3S2/c1-16-7-2-8-17(15)11-5-3-10(4-6-11)9-12(13)14/h3-6H,2,7-9H2,1H3,(H,13,14). The number of aliphatic carboxylic acids is 1. The first-order valence-electron chi connectivity index (χ1n) is 5.31. The fraction of sp³-hybridized carbons (Fsp3) is 0.417. The molecule has 1 aromatic carbocycles. The van der Waals surface area contributed by atoms with E-state index in [0.29, 0.717) is 5.75 Å². The maximum atomic E-state index is 11.8. The lowest BCUT2D eigenvalue weighted by Gasteiger charge is -2.03. The third kappa shape index (κ3) is 5.37. The predicted octanol–water partition coefficient (Wildman–Crippen LogP) is 2.17. The van der Waals surface area contributed by atoms with E-state index in [1.165, 1.54) is 0 Å². The van der Waals surface area contributed by atoms with E-state index in [2.05, 4.69) is 0 Å². The van der Waals surface area contributed by atoms with Gasteiger partial charge in [0.2, 0.25) is 0 Å². The third-order valence-corrected chi connectivity index (χ3v) is 4.37. The second-order valence-corrected chi connectivity index (χ2v) is 6.17. The van der Waals surface area contributed by atoms with Crippen LogP contribution in [0.15, 0.2) is 29.2 Å². The average Bonchev–Trinajstić information content (AvgIpc) is 2.29. The first-order chi connectivity index (χ1) is 8.13. The zero-order valence-electron chi connectivity index (χ0n) is 9.72. The smallest absolute Gasteiger partial charge is 0.307 e. The molecule has 0 bridgehead atoms. The molecule has 0 aromatic heterocycles. The van der Waals surface area contributed by atoms with Crippen molar-refractivity contribution in [1.82, 2.24) is 0 Å². The van der Waals surface area contributed by atoms with Crippen LogP contribution in [0.1, 0.15) is 12.0 Å². The summed E-state index contributed by atoms with van der Waals surface area (Å²) in [5, 5.41) is 8.63. The Labute approximate surface area is 108 Å². The lowest BCUT2D eigenvalue weighted by atomic mass is 10.2. The van der Waals surface area contributed by atoms with E-state index in [9.17, 15) is 9.00 Å². The summed E-state index contributed by atoms with van der Waals surface area (Å²) in [6, 6.07) is 6.98. The summed E-state index contributed by atoms with van der Waals surface area (Å²) in [7, 11) is -0.967. The van der Waals surface area contributed by atoms with Gasteiger partial charge in [0.15, 0.2) is 0 Å². The molecule has 94 valence electrons. The van der Waals surface area contributed by atoms with E-state index in [1.807, 2.05) is 6.26 Å².